The number of ether oxygens (including phenoxy) is 1. The SMILES string of the molecule is CC[C@H](Oc1ccccc1C)C(=O)Nc1sc(C)c(C)c1C(N)=O. The molecule has 0 aliphatic carbocycles. The zero-order valence-corrected chi connectivity index (χ0v) is 15.1. The van der Waals surface area contributed by atoms with Gasteiger partial charge in [-0.3, -0.25) is 9.59 Å². The molecular formula is C18H22N2O3S. The van der Waals surface area contributed by atoms with Gasteiger partial charge in [-0.1, -0.05) is 25.1 Å². The van der Waals surface area contributed by atoms with Gasteiger partial charge in [0.05, 0.1) is 5.56 Å². The van der Waals surface area contributed by atoms with Crippen molar-refractivity contribution in [3.63, 3.8) is 0 Å². The van der Waals surface area contributed by atoms with Crippen LogP contribution in [0, 0.1) is 20.8 Å². The Kier molecular flexibility index (Phi) is 5.62. The third kappa shape index (κ3) is 3.76. The third-order valence-corrected chi connectivity index (χ3v) is 5.02. The zero-order valence-electron chi connectivity index (χ0n) is 14.3. The molecule has 2 amide bonds. The Balaban J connectivity index is 2.20. The molecule has 1 aromatic carbocycles. The van der Waals surface area contributed by atoms with E-state index in [1.54, 1.807) is 0 Å². The predicted octanol–water partition coefficient (Wildman–Crippen LogP) is 3.57. The molecule has 24 heavy (non-hydrogen) atoms. The molecule has 6 heteroatoms. The molecule has 0 saturated carbocycles. The average molecular weight is 346 g/mol. The summed E-state index contributed by atoms with van der Waals surface area (Å²) < 4.78 is 5.84. The van der Waals surface area contributed by atoms with E-state index in [0.29, 0.717) is 22.7 Å². The monoisotopic (exact) mass is 346 g/mol. The first-order valence-corrected chi connectivity index (χ1v) is 8.59. The van der Waals surface area contributed by atoms with E-state index in [1.807, 2.05) is 52.0 Å². The smallest absolute Gasteiger partial charge is 0.266 e. The summed E-state index contributed by atoms with van der Waals surface area (Å²) in [6, 6.07) is 7.54. The second-order valence-electron chi connectivity index (χ2n) is 5.62. The maximum Gasteiger partial charge on any atom is 0.266 e. The lowest BCUT2D eigenvalue weighted by atomic mass is 10.1. The van der Waals surface area contributed by atoms with Crippen molar-refractivity contribution < 1.29 is 14.3 Å². The Morgan fingerprint density at radius 1 is 1.25 bits per heavy atom. The molecule has 1 aromatic heterocycles. The minimum atomic E-state index is -0.644. The number of aryl methyl sites for hydroxylation is 2. The van der Waals surface area contributed by atoms with Gasteiger partial charge >= 0.3 is 0 Å². The lowest BCUT2D eigenvalue weighted by molar-refractivity contribution is -0.122. The fraction of sp³-hybridized carbons (Fsp3) is 0.333. The average Bonchev–Trinajstić information content (AvgIpc) is 2.80. The number of carbonyl (C=O) groups is 2. The summed E-state index contributed by atoms with van der Waals surface area (Å²) in [7, 11) is 0. The number of benzene rings is 1. The summed E-state index contributed by atoms with van der Waals surface area (Å²) in [6.07, 6.45) is -0.135. The van der Waals surface area contributed by atoms with Gasteiger partial charge in [-0.25, -0.2) is 0 Å². The summed E-state index contributed by atoms with van der Waals surface area (Å²) >= 11 is 1.35. The number of hydrogen-bond donors (Lipinski definition) is 2. The van der Waals surface area contributed by atoms with Gasteiger partial charge in [-0.15, -0.1) is 11.3 Å². The van der Waals surface area contributed by atoms with Crippen LogP contribution in [0.1, 0.15) is 39.7 Å². The maximum atomic E-state index is 12.6. The highest BCUT2D eigenvalue weighted by atomic mass is 32.1. The van der Waals surface area contributed by atoms with E-state index in [9.17, 15) is 9.59 Å². The highest BCUT2D eigenvalue weighted by molar-refractivity contribution is 7.16. The molecule has 128 valence electrons. The lowest BCUT2D eigenvalue weighted by Gasteiger charge is -2.18. The van der Waals surface area contributed by atoms with Crippen molar-refractivity contribution in [2.45, 2.75) is 40.2 Å². The molecule has 3 N–H and O–H groups in total. The van der Waals surface area contributed by atoms with Gasteiger partial charge in [-0.2, -0.15) is 0 Å². The van der Waals surface area contributed by atoms with Crippen molar-refractivity contribution in [3.05, 3.63) is 45.8 Å². The molecule has 5 nitrogen and oxygen atoms in total. The minimum absolute atomic E-state index is 0.287. The van der Waals surface area contributed by atoms with E-state index < -0.39 is 12.0 Å². The Morgan fingerprint density at radius 3 is 2.50 bits per heavy atom. The number of hydrogen-bond acceptors (Lipinski definition) is 4. The first-order valence-electron chi connectivity index (χ1n) is 7.78. The standard InChI is InChI=1S/C18H22N2O3S/c1-5-13(23-14-9-7-6-8-10(14)2)17(22)20-18-15(16(19)21)11(3)12(4)24-18/h6-9,13H,5H2,1-4H3,(H2,19,21)(H,20,22)/t13-/m0/s1. The molecule has 0 aliphatic rings. The van der Waals surface area contributed by atoms with Crippen molar-refractivity contribution in [3.8, 4) is 5.75 Å². The molecule has 2 rings (SSSR count). The zero-order chi connectivity index (χ0) is 17.9. The van der Waals surface area contributed by atoms with E-state index in [2.05, 4.69) is 5.32 Å². The van der Waals surface area contributed by atoms with E-state index in [4.69, 9.17) is 10.5 Å². The molecule has 0 bridgehead atoms. The van der Waals surface area contributed by atoms with Crippen LogP contribution >= 0.6 is 11.3 Å². The van der Waals surface area contributed by atoms with Gasteiger partial charge in [0.15, 0.2) is 6.10 Å². The second kappa shape index (κ2) is 7.49. The van der Waals surface area contributed by atoms with Crippen LogP contribution in [-0.2, 0) is 4.79 Å². The van der Waals surface area contributed by atoms with Crippen LogP contribution < -0.4 is 15.8 Å². The first kappa shape index (κ1) is 18.0. The summed E-state index contributed by atoms with van der Waals surface area (Å²) in [4.78, 5) is 25.2. The lowest BCUT2D eigenvalue weighted by Crippen LogP contribution is -2.33. The number of carbonyl (C=O) groups excluding carboxylic acids is 2. The summed E-state index contributed by atoms with van der Waals surface area (Å²) in [5.74, 6) is -0.155. The van der Waals surface area contributed by atoms with Crippen LogP contribution in [0.5, 0.6) is 5.75 Å². The second-order valence-corrected chi connectivity index (χ2v) is 6.85. The molecule has 0 saturated heterocycles. The Hall–Kier alpha value is -2.34. The maximum absolute atomic E-state index is 12.6. The summed E-state index contributed by atoms with van der Waals surface area (Å²) in [5.41, 5.74) is 7.58. The number of para-hydroxylation sites is 1. The van der Waals surface area contributed by atoms with Crippen molar-refractivity contribution in [1.29, 1.82) is 0 Å². The molecule has 0 fully saturated rings. The van der Waals surface area contributed by atoms with Crippen LogP contribution in [0.2, 0.25) is 0 Å². The molecule has 2 aromatic rings. The first-order chi connectivity index (χ1) is 11.3. The van der Waals surface area contributed by atoms with E-state index >= 15 is 0 Å². The highest BCUT2D eigenvalue weighted by Gasteiger charge is 2.24. The van der Waals surface area contributed by atoms with Crippen molar-refractivity contribution in [1.82, 2.24) is 0 Å². The Bertz CT molecular complexity index is 768. The van der Waals surface area contributed by atoms with Gasteiger partial charge in [0.2, 0.25) is 0 Å². The molecule has 0 aliphatic heterocycles. The third-order valence-electron chi connectivity index (χ3n) is 3.89. The Morgan fingerprint density at radius 2 is 1.92 bits per heavy atom. The van der Waals surface area contributed by atoms with Crippen molar-refractivity contribution >= 4 is 28.2 Å². The van der Waals surface area contributed by atoms with Gasteiger partial charge in [-0.05, 0) is 44.4 Å². The van der Waals surface area contributed by atoms with Crippen LogP contribution in [0.25, 0.3) is 0 Å². The summed E-state index contributed by atoms with van der Waals surface area (Å²) in [5, 5.41) is 3.28. The molecule has 1 heterocycles. The fourth-order valence-corrected chi connectivity index (χ4v) is 3.44. The van der Waals surface area contributed by atoms with Gasteiger partial charge in [0, 0.05) is 4.88 Å². The fourth-order valence-electron chi connectivity index (χ4n) is 2.37. The Labute approximate surface area is 145 Å². The molecule has 0 unspecified atom stereocenters. The van der Waals surface area contributed by atoms with Gasteiger partial charge < -0.3 is 15.8 Å². The molecule has 0 radical (unpaired) electrons. The van der Waals surface area contributed by atoms with Crippen molar-refractivity contribution in [2.24, 2.45) is 5.73 Å². The van der Waals surface area contributed by atoms with Crippen LogP contribution in [0.4, 0.5) is 5.00 Å². The number of nitrogens with two attached hydrogens (primary N) is 1. The number of thiophene rings is 1. The number of amides is 2. The van der Waals surface area contributed by atoms with Crippen LogP contribution in [-0.4, -0.2) is 17.9 Å². The van der Waals surface area contributed by atoms with Crippen LogP contribution in [0.3, 0.4) is 0 Å². The largest absolute Gasteiger partial charge is 0.480 e. The minimum Gasteiger partial charge on any atom is -0.480 e. The van der Waals surface area contributed by atoms with E-state index in [-0.39, 0.29) is 5.91 Å². The number of nitrogens with one attached hydrogen (secondary N) is 1. The van der Waals surface area contributed by atoms with Crippen molar-refractivity contribution in [2.75, 3.05) is 5.32 Å². The summed E-state index contributed by atoms with van der Waals surface area (Å²) in [6.45, 7) is 7.52. The number of rotatable bonds is 6. The molecular weight excluding hydrogens is 324 g/mol. The quantitative estimate of drug-likeness (QED) is 0.839. The van der Waals surface area contributed by atoms with E-state index in [1.165, 1.54) is 11.3 Å². The molecule has 0 spiro atoms. The number of anilines is 1. The van der Waals surface area contributed by atoms with E-state index in [0.717, 1.165) is 16.0 Å². The highest BCUT2D eigenvalue weighted by Crippen LogP contribution is 2.32. The molecule has 1 atom stereocenters. The normalized spacial score (nSPS) is 11.8. The topological polar surface area (TPSA) is 81.4 Å². The van der Waals surface area contributed by atoms with Crippen LogP contribution in [0.15, 0.2) is 24.3 Å². The van der Waals surface area contributed by atoms with Gasteiger partial charge in [0.1, 0.15) is 10.8 Å². The predicted molar refractivity (Wildman–Crippen MR) is 96.8 cm³/mol. The van der Waals surface area contributed by atoms with Gasteiger partial charge in [0.25, 0.3) is 11.8 Å². The number of primary amides is 1.